The summed E-state index contributed by atoms with van der Waals surface area (Å²) in [5.41, 5.74) is 0. The van der Waals surface area contributed by atoms with Crippen molar-refractivity contribution in [3.63, 3.8) is 0 Å². The van der Waals surface area contributed by atoms with E-state index in [-0.39, 0.29) is 0 Å². The highest BCUT2D eigenvalue weighted by molar-refractivity contribution is 5.82. The second kappa shape index (κ2) is 6.11. The van der Waals surface area contributed by atoms with Crippen molar-refractivity contribution in [3.8, 4) is 0 Å². The average molecular weight is 210 g/mol. The summed E-state index contributed by atoms with van der Waals surface area (Å²) in [5, 5.41) is 3.46. The van der Waals surface area contributed by atoms with Gasteiger partial charge in [0.2, 0.25) is 0 Å². The Morgan fingerprint density at radius 1 is 1.20 bits per heavy atom. The van der Waals surface area contributed by atoms with Gasteiger partial charge in [0.05, 0.1) is 11.9 Å². The summed E-state index contributed by atoms with van der Waals surface area (Å²) in [6.07, 6.45) is 9.19. The van der Waals surface area contributed by atoms with Crippen LogP contribution >= 0.6 is 0 Å². The van der Waals surface area contributed by atoms with Crippen LogP contribution in [-0.4, -0.2) is 31.6 Å². The second-order valence-electron chi connectivity index (χ2n) is 4.51. The minimum atomic E-state index is 0.421. The second-order valence-corrected chi connectivity index (χ2v) is 4.51. The summed E-state index contributed by atoms with van der Waals surface area (Å²) in [7, 11) is 0. The van der Waals surface area contributed by atoms with Crippen molar-refractivity contribution in [2.75, 3.05) is 19.7 Å². The largest absolute Gasteiger partial charge is 0.376 e. The molecular weight excluding hydrogens is 188 g/mol. The molecule has 2 aliphatic rings. The first-order valence-electron chi connectivity index (χ1n) is 6.34. The van der Waals surface area contributed by atoms with E-state index < -0.39 is 0 Å². The van der Waals surface area contributed by atoms with Crippen molar-refractivity contribution in [1.82, 2.24) is 5.32 Å². The topological polar surface area (TPSA) is 33.6 Å². The molecule has 1 atom stereocenters. The number of amidine groups is 1. The first kappa shape index (κ1) is 10.9. The van der Waals surface area contributed by atoms with Gasteiger partial charge in [-0.3, -0.25) is 4.99 Å². The summed E-state index contributed by atoms with van der Waals surface area (Å²) in [6.45, 7) is 2.91. The van der Waals surface area contributed by atoms with E-state index in [4.69, 9.17) is 4.74 Å². The molecule has 0 aromatic heterocycles. The van der Waals surface area contributed by atoms with Gasteiger partial charge < -0.3 is 10.1 Å². The Morgan fingerprint density at radius 2 is 2.20 bits per heavy atom. The molecule has 0 aromatic rings. The zero-order chi connectivity index (χ0) is 10.3. The highest BCUT2D eigenvalue weighted by Crippen LogP contribution is 2.12. The molecule has 0 spiro atoms. The molecule has 0 aliphatic carbocycles. The van der Waals surface area contributed by atoms with Crippen LogP contribution in [0.1, 0.15) is 44.9 Å². The third kappa shape index (κ3) is 3.82. The van der Waals surface area contributed by atoms with E-state index in [0.717, 1.165) is 26.1 Å². The van der Waals surface area contributed by atoms with Gasteiger partial charge in [0, 0.05) is 26.1 Å². The van der Waals surface area contributed by atoms with Crippen molar-refractivity contribution in [2.45, 2.75) is 51.0 Å². The molecule has 2 heterocycles. The fourth-order valence-electron chi connectivity index (χ4n) is 2.22. The number of nitrogens with one attached hydrogen (secondary N) is 1. The Balaban J connectivity index is 1.69. The van der Waals surface area contributed by atoms with Gasteiger partial charge >= 0.3 is 0 Å². The van der Waals surface area contributed by atoms with Gasteiger partial charge in [-0.05, 0) is 32.1 Å². The van der Waals surface area contributed by atoms with Gasteiger partial charge in [-0.25, -0.2) is 0 Å². The van der Waals surface area contributed by atoms with E-state index >= 15 is 0 Å². The first-order chi connectivity index (χ1) is 7.45. The molecule has 3 nitrogen and oxygen atoms in total. The Labute approximate surface area is 92.3 Å². The highest BCUT2D eigenvalue weighted by Gasteiger charge is 2.14. The summed E-state index contributed by atoms with van der Waals surface area (Å²) < 4.78 is 5.68. The average Bonchev–Trinajstić information content (AvgIpc) is 2.56. The van der Waals surface area contributed by atoms with Crippen molar-refractivity contribution >= 4 is 5.84 Å². The summed E-state index contributed by atoms with van der Waals surface area (Å²) >= 11 is 0. The van der Waals surface area contributed by atoms with Crippen LogP contribution in [0.2, 0.25) is 0 Å². The van der Waals surface area contributed by atoms with Gasteiger partial charge in [0.25, 0.3) is 0 Å². The third-order valence-electron chi connectivity index (χ3n) is 3.18. The van der Waals surface area contributed by atoms with Crippen molar-refractivity contribution in [2.24, 2.45) is 4.99 Å². The monoisotopic (exact) mass is 210 g/mol. The molecule has 3 heteroatoms. The predicted octanol–water partition coefficient (Wildman–Crippen LogP) is 2.12. The standard InChI is InChI=1S/C12H22N2O/c1-2-7-12(13-8-4-1)14-10-11-6-3-5-9-15-11/h11H,1-10H2,(H,13,14). The highest BCUT2D eigenvalue weighted by atomic mass is 16.5. The maximum absolute atomic E-state index is 5.68. The van der Waals surface area contributed by atoms with Crippen molar-refractivity contribution < 1.29 is 4.74 Å². The molecule has 0 aromatic carbocycles. The fourth-order valence-corrected chi connectivity index (χ4v) is 2.22. The first-order valence-corrected chi connectivity index (χ1v) is 6.34. The molecule has 2 rings (SSSR count). The Morgan fingerprint density at radius 3 is 3.07 bits per heavy atom. The Hall–Kier alpha value is -0.570. The van der Waals surface area contributed by atoms with Crippen LogP contribution in [0.3, 0.4) is 0 Å². The molecule has 1 N–H and O–H groups in total. The molecule has 1 fully saturated rings. The number of hydrogen-bond donors (Lipinski definition) is 1. The van der Waals surface area contributed by atoms with Crippen molar-refractivity contribution in [3.05, 3.63) is 0 Å². The zero-order valence-electron chi connectivity index (χ0n) is 9.50. The normalized spacial score (nSPS) is 28.0. The van der Waals surface area contributed by atoms with Gasteiger partial charge in [0.15, 0.2) is 0 Å². The minimum absolute atomic E-state index is 0.421. The molecule has 2 aliphatic heterocycles. The summed E-state index contributed by atoms with van der Waals surface area (Å²) in [4.78, 5) is 4.56. The van der Waals surface area contributed by atoms with Gasteiger partial charge in [-0.1, -0.05) is 6.42 Å². The lowest BCUT2D eigenvalue weighted by Crippen LogP contribution is -2.35. The number of ether oxygens (including phenoxy) is 1. The molecule has 0 amide bonds. The van der Waals surface area contributed by atoms with Crippen LogP contribution in [0.15, 0.2) is 4.99 Å². The number of nitrogens with zero attached hydrogens (tertiary/aromatic N) is 1. The van der Waals surface area contributed by atoms with E-state index in [2.05, 4.69) is 10.3 Å². The van der Waals surface area contributed by atoms with Gasteiger partial charge in [-0.2, -0.15) is 0 Å². The molecule has 1 saturated heterocycles. The molecule has 0 saturated carbocycles. The lowest BCUT2D eigenvalue weighted by atomic mass is 10.1. The summed E-state index contributed by atoms with van der Waals surface area (Å²) in [6, 6.07) is 0. The smallest absolute Gasteiger partial charge is 0.0963 e. The Kier molecular flexibility index (Phi) is 4.45. The van der Waals surface area contributed by atoms with Crippen LogP contribution in [-0.2, 0) is 4.74 Å². The van der Waals surface area contributed by atoms with Crippen LogP contribution in [0.5, 0.6) is 0 Å². The number of aliphatic imine (C=N–C) groups is 1. The minimum Gasteiger partial charge on any atom is -0.376 e. The van der Waals surface area contributed by atoms with E-state index in [9.17, 15) is 0 Å². The zero-order valence-corrected chi connectivity index (χ0v) is 9.50. The van der Waals surface area contributed by atoms with Gasteiger partial charge in [-0.15, -0.1) is 0 Å². The number of hydrogen-bond acceptors (Lipinski definition) is 3. The maximum Gasteiger partial charge on any atom is 0.0963 e. The Bertz CT molecular complexity index is 210. The molecule has 0 radical (unpaired) electrons. The maximum atomic E-state index is 5.68. The van der Waals surface area contributed by atoms with Crippen LogP contribution < -0.4 is 5.32 Å². The van der Waals surface area contributed by atoms with Gasteiger partial charge in [0.1, 0.15) is 0 Å². The molecule has 86 valence electrons. The summed E-state index contributed by atoms with van der Waals surface area (Å²) in [5.74, 6) is 1.21. The molecule has 15 heavy (non-hydrogen) atoms. The van der Waals surface area contributed by atoms with Crippen molar-refractivity contribution in [1.29, 1.82) is 0 Å². The fraction of sp³-hybridized carbons (Fsp3) is 0.917. The van der Waals surface area contributed by atoms with Crippen LogP contribution in [0.4, 0.5) is 0 Å². The van der Waals surface area contributed by atoms with E-state index in [1.807, 2.05) is 0 Å². The third-order valence-corrected chi connectivity index (χ3v) is 3.18. The molecule has 1 unspecified atom stereocenters. The molecule has 0 bridgehead atoms. The SMILES string of the molecule is C1CCN=C(NCC2CCCCO2)CC1. The van der Waals surface area contributed by atoms with Crippen LogP contribution in [0.25, 0.3) is 0 Å². The molecular formula is C12H22N2O. The van der Waals surface area contributed by atoms with E-state index in [1.165, 1.54) is 44.4 Å². The quantitative estimate of drug-likeness (QED) is 0.757. The van der Waals surface area contributed by atoms with Crippen LogP contribution in [0, 0.1) is 0 Å². The predicted molar refractivity (Wildman–Crippen MR) is 62.4 cm³/mol. The van der Waals surface area contributed by atoms with E-state index in [0.29, 0.717) is 6.10 Å². The lowest BCUT2D eigenvalue weighted by molar-refractivity contribution is 0.0195. The lowest BCUT2D eigenvalue weighted by Gasteiger charge is -2.23. The number of rotatable bonds is 2. The van der Waals surface area contributed by atoms with E-state index in [1.54, 1.807) is 0 Å².